The highest BCUT2D eigenvalue weighted by Crippen LogP contribution is 2.34. The van der Waals surface area contributed by atoms with Crippen LogP contribution in [0, 0.1) is 13.8 Å². The van der Waals surface area contributed by atoms with E-state index < -0.39 is 6.04 Å². The van der Waals surface area contributed by atoms with Crippen molar-refractivity contribution < 1.29 is 14.3 Å². The molecule has 1 aliphatic heterocycles. The van der Waals surface area contributed by atoms with Crippen molar-refractivity contribution in [3.8, 4) is 5.75 Å². The van der Waals surface area contributed by atoms with Crippen LogP contribution in [-0.4, -0.2) is 53.4 Å². The van der Waals surface area contributed by atoms with Gasteiger partial charge in [0.15, 0.2) is 12.4 Å². The second-order valence-corrected chi connectivity index (χ2v) is 9.76. The molecule has 33 heavy (non-hydrogen) atoms. The number of hydrogen-bond donors (Lipinski definition) is 0. The van der Waals surface area contributed by atoms with Gasteiger partial charge in [-0.15, -0.1) is 11.3 Å². The van der Waals surface area contributed by atoms with Crippen molar-refractivity contribution in [2.75, 3.05) is 32.1 Å². The molecule has 0 N–H and O–H groups in total. The number of ether oxygens (including phenoxy) is 1. The average Bonchev–Trinajstić information content (AvgIpc) is 3.05. The normalized spacial score (nSPS) is 14.5. The van der Waals surface area contributed by atoms with Crippen LogP contribution in [0.4, 0.5) is 5.69 Å². The number of Topliss-reactive ketones (excluding diaryl/α,β-unsaturated/α-hetero) is 1. The van der Waals surface area contributed by atoms with Crippen LogP contribution in [0.5, 0.6) is 5.75 Å². The molecule has 0 fully saturated rings. The van der Waals surface area contributed by atoms with Crippen molar-refractivity contribution in [3.05, 3.63) is 50.4 Å². The van der Waals surface area contributed by atoms with Crippen LogP contribution in [0.1, 0.15) is 46.5 Å². The largest absolute Gasteiger partial charge is 0.482 e. The Morgan fingerprint density at radius 1 is 1.27 bits per heavy atom. The second-order valence-electron chi connectivity index (χ2n) is 8.55. The Morgan fingerprint density at radius 3 is 2.67 bits per heavy atom. The third-order valence-electron chi connectivity index (χ3n) is 6.04. The van der Waals surface area contributed by atoms with E-state index in [2.05, 4.69) is 0 Å². The van der Waals surface area contributed by atoms with Crippen LogP contribution in [0.15, 0.2) is 23.0 Å². The fourth-order valence-electron chi connectivity index (χ4n) is 4.20. The minimum atomic E-state index is -0.766. The third-order valence-corrected chi connectivity index (χ3v) is 7.14. The van der Waals surface area contributed by atoms with Crippen LogP contribution in [0.2, 0.25) is 0 Å². The van der Waals surface area contributed by atoms with E-state index in [4.69, 9.17) is 9.72 Å². The van der Waals surface area contributed by atoms with Crippen molar-refractivity contribution >= 4 is 38.9 Å². The Kier molecular flexibility index (Phi) is 6.11. The van der Waals surface area contributed by atoms with Crippen molar-refractivity contribution in [3.63, 3.8) is 0 Å². The molecular weight excluding hydrogens is 440 g/mol. The number of carbonyl (C=O) groups excluding carboxylic acids is 2. The number of amides is 1. The number of benzene rings is 1. The van der Waals surface area contributed by atoms with E-state index in [0.717, 1.165) is 10.4 Å². The summed E-state index contributed by atoms with van der Waals surface area (Å²) in [5.74, 6) is 0.745. The Balaban J connectivity index is 1.82. The first-order valence-corrected chi connectivity index (χ1v) is 11.7. The van der Waals surface area contributed by atoms with Gasteiger partial charge in [0.1, 0.15) is 16.4 Å². The summed E-state index contributed by atoms with van der Waals surface area (Å²) in [6.45, 7) is 8.38. The van der Waals surface area contributed by atoms with Crippen LogP contribution in [0.3, 0.4) is 0 Å². The van der Waals surface area contributed by atoms with E-state index in [9.17, 15) is 14.4 Å². The summed E-state index contributed by atoms with van der Waals surface area (Å²) < 4.78 is 7.04. The van der Waals surface area contributed by atoms with Crippen molar-refractivity contribution in [1.29, 1.82) is 0 Å². The zero-order valence-electron chi connectivity index (χ0n) is 19.8. The monoisotopic (exact) mass is 468 g/mol. The van der Waals surface area contributed by atoms with Crippen LogP contribution in [-0.2, 0) is 11.3 Å². The van der Waals surface area contributed by atoms with E-state index >= 15 is 0 Å². The number of rotatable bonds is 6. The number of nitrogens with zero attached hydrogens (tertiary/aromatic N) is 4. The molecule has 1 atom stereocenters. The first kappa shape index (κ1) is 23.1. The summed E-state index contributed by atoms with van der Waals surface area (Å²) in [4.78, 5) is 49.5. The van der Waals surface area contributed by atoms with Gasteiger partial charge in [0.05, 0.1) is 23.7 Å². The molecule has 1 aliphatic rings. The van der Waals surface area contributed by atoms with Gasteiger partial charge >= 0.3 is 0 Å². The number of thiophene rings is 1. The Labute approximate surface area is 196 Å². The van der Waals surface area contributed by atoms with Gasteiger partial charge < -0.3 is 14.5 Å². The van der Waals surface area contributed by atoms with E-state index in [1.54, 1.807) is 30.0 Å². The van der Waals surface area contributed by atoms with Gasteiger partial charge in [0, 0.05) is 17.0 Å². The SMILES string of the molecule is CCN1C(=O)COc2ccc(C(=O)C(C)n3c(CN(C)C)nc4sc(C)c(C)c4c3=O)cc21. The molecule has 174 valence electrons. The summed E-state index contributed by atoms with van der Waals surface area (Å²) in [7, 11) is 3.80. The van der Waals surface area contributed by atoms with Crippen molar-refractivity contribution in [2.24, 2.45) is 0 Å². The molecule has 2 aromatic heterocycles. The Morgan fingerprint density at radius 2 is 2.00 bits per heavy atom. The maximum Gasteiger partial charge on any atom is 0.265 e. The molecule has 1 aromatic carbocycles. The van der Waals surface area contributed by atoms with Crippen LogP contribution in [0.25, 0.3) is 10.2 Å². The quantitative estimate of drug-likeness (QED) is 0.516. The first-order valence-electron chi connectivity index (χ1n) is 10.9. The maximum absolute atomic E-state index is 13.6. The summed E-state index contributed by atoms with van der Waals surface area (Å²) >= 11 is 1.50. The first-order chi connectivity index (χ1) is 15.6. The molecular formula is C24H28N4O4S. The van der Waals surface area contributed by atoms with E-state index in [-0.39, 0.29) is 23.9 Å². The Bertz CT molecular complexity index is 1320. The molecule has 1 unspecified atom stereocenters. The highest BCUT2D eigenvalue weighted by atomic mass is 32.1. The highest BCUT2D eigenvalue weighted by molar-refractivity contribution is 7.18. The summed E-state index contributed by atoms with van der Waals surface area (Å²) in [6.07, 6.45) is 0. The third kappa shape index (κ3) is 3.95. The number of likely N-dealkylation sites (N-methyl/N-ethyl adjacent to an activating group) is 1. The number of anilines is 1. The van der Waals surface area contributed by atoms with Gasteiger partial charge in [-0.1, -0.05) is 0 Å². The number of hydrogen-bond acceptors (Lipinski definition) is 7. The van der Waals surface area contributed by atoms with Gasteiger partial charge in [-0.05, 0) is 65.6 Å². The van der Waals surface area contributed by atoms with Gasteiger partial charge in [0.2, 0.25) is 0 Å². The summed E-state index contributed by atoms with van der Waals surface area (Å²) in [5.41, 5.74) is 1.69. The maximum atomic E-state index is 13.6. The number of aromatic nitrogens is 2. The topological polar surface area (TPSA) is 84.7 Å². The number of aryl methyl sites for hydroxylation is 2. The van der Waals surface area contributed by atoms with Crippen molar-refractivity contribution in [2.45, 2.75) is 40.3 Å². The minimum absolute atomic E-state index is 0.0150. The van der Waals surface area contributed by atoms with Gasteiger partial charge in [-0.3, -0.25) is 19.0 Å². The van der Waals surface area contributed by atoms with Gasteiger partial charge in [0.25, 0.3) is 11.5 Å². The van der Waals surface area contributed by atoms with Crippen LogP contribution < -0.4 is 15.2 Å². The van der Waals surface area contributed by atoms with Crippen molar-refractivity contribution in [1.82, 2.24) is 14.5 Å². The predicted octanol–water partition coefficient (Wildman–Crippen LogP) is 3.33. The smallest absolute Gasteiger partial charge is 0.265 e. The molecule has 3 aromatic rings. The predicted molar refractivity (Wildman–Crippen MR) is 130 cm³/mol. The molecule has 0 radical (unpaired) electrons. The lowest BCUT2D eigenvalue weighted by Crippen LogP contribution is -2.38. The van der Waals surface area contributed by atoms with E-state index in [1.807, 2.05) is 39.8 Å². The molecule has 8 nitrogen and oxygen atoms in total. The van der Waals surface area contributed by atoms with E-state index in [0.29, 0.717) is 46.1 Å². The molecule has 0 aliphatic carbocycles. The average molecular weight is 469 g/mol. The zero-order valence-corrected chi connectivity index (χ0v) is 20.6. The van der Waals surface area contributed by atoms with Gasteiger partial charge in [-0.2, -0.15) is 0 Å². The number of carbonyl (C=O) groups is 2. The fraction of sp³-hybridized carbons (Fsp3) is 0.417. The lowest BCUT2D eigenvalue weighted by Gasteiger charge is -2.29. The highest BCUT2D eigenvalue weighted by Gasteiger charge is 2.28. The Hall–Kier alpha value is -3.04. The summed E-state index contributed by atoms with van der Waals surface area (Å²) in [6, 6.07) is 4.31. The second kappa shape index (κ2) is 8.72. The molecule has 0 spiro atoms. The van der Waals surface area contributed by atoms with Gasteiger partial charge in [-0.25, -0.2) is 4.98 Å². The molecule has 1 amide bonds. The van der Waals surface area contributed by atoms with Crippen LogP contribution >= 0.6 is 11.3 Å². The molecule has 3 heterocycles. The number of ketones is 1. The lowest BCUT2D eigenvalue weighted by molar-refractivity contribution is -0.121. The molecule has 9 heteroatoms. The molecule has 4 rings (SSSR count). The fourth-order valence-corrected chi connectivity index (χ4v) is 5.24. The zero-order chi connectivity index (χ0) is 24.0. The molecule has 0 bridgehead atoms. The number of fused-ring (bicyclic) bond motifs is 2. The summed E-state index contributed by atoms with van der Waals surface area (Å²) in [5, 5.41) is 0.571. The molecule has 0 saturated carbocycles. The van der Waals surface area contributed by atoms with E-state index in [1.165, 1.54) is 15.9 Å². The molecule has 0 saturated heterocycles. The standard InChI is InChI=1S/C24H28N4O4S/c1-7-27-17-10-16(8-9-18(17)32-12-20(27)29)22(30)14(3)28-19(11-26(5)6)25-23-21(24(28)31)13(2)15(4)33-23/h8-10,14H,7,11-12H2,1-6H3. The lowest BCUT2D eigenvalue weighted by atomic mass is 10.0. The minimum Gasteiger partial charge on any atom is -0.482 e.